The van der Waals surface area contributed by atoms with Gasteiger partial charge in [-0.2, -0.15) is 0 Å². The number of primary amides is 1. The van der Waals surface area contributed by atoms with Crippen molar-refractivity contribution in [3.63, 3.8) is 0 Å². The Labute approximate surface area is 138 Å². The van der Waals surface area contributed by atoms with Crippen LogP contribution in [-0.4, -0.2) is 42.0 Å². The molecule has 0 heterocycles. The number of carbonyl (C=O) groups excluding carboxylic acids is 3. The zero-order chi connectivity index (χ0) is 18.1. The minimum Gasteiger partial charge on any atom is -0.467 e. The standard InChI is InChI=1S/C15H20N4O5/c1-9(19-23)10-3-5-11(6-4-10)17-15(22)18-12(14(21)24-2)7-8-13(16)20/h3-6,12,23H,7-8H2,1-2H3,(H2,16,20)(H2,17,18,22)/b19-9+. The number of nitrogens with two attached hydrogens (primary N) is 1. The van der Waals surface area contributed by atoms with Crippen molar-refractivity contribution in [3.8, 4) is 0 Å². The molecule has 0 aromatic heterocycles. The number of rotatable bonds is 7. The zero-order valence-electron chi connectivity index (χ0n) is 13.4. The van der Waals surface area contributed by atoms with Crippen LogP contribution in [0, 0.1) is 0 Å². The van der Waals surface area contributed by atoms with Gasteiger partial charge in [0.1, 0.15) is 6.04 Å². The summed E-state index contributed by atoms with van der Waals surface area (Å²) in [6, 6.07) is 4.94. The lowest BCUT2D eigenvalue weighted by Crippen LogP contribution is -2.44. The molecule has 9 heteroatoms. The molecule has 5 N–H and O–H groups in total. The summed E-state index contributed by atoms with van der Waals surface area (Å²) in [7, 11) is 1.18. The van der Waals surface area contributed by atoms with Gasteiger partial charge in [-0.15, -0.1) is 0 Å². The second kappa shape index (κ2) is 9.13. The van der Waals surface area contributed by atoms with E-state index in [0.717, 1.165) is 0 Å². The van der Waals surface area contributed by atoms with Crippen LogP contribution < -0.4 is 16.4 Å². The molecule has 1 atom stereocenters. The third-order valence-electron chi connectivity index (χ3n) is 3.18. The van der Waals surface area contributed by atoms with Crippen molar-refractivity contribution >= 4 is 29.3 Å². The summed E-state index contributed by atoms with van der Waals surface area (Å²) in [5, 5.41) is 16.7. The molecular formula is C15H20N4O5. The van der Waals surface area contributed by atoms with E-state index in [0.29, 0.717) is 17.0 Å². The fourth-order valence-electron chi connectivity index (χ4n) is 1.86. The van der Waals surface area contributed by atoms with Gasteiger partial charge in [0, 0.05) is 12.1 Å². The van der Waals surface area contributed by atoms with Crippen LogP contribution in [0.1, 0.15) is 25.3 Å². The third-order valence-corrected chi connectivity index (χ3v) is 3.18. The Balaban J connectivity index is 2.67. The maximum Gasteiger partial charge on any atom is 0.328 e. The molecule has 1 aromatic rings. The highest BCUT2D eigenvalue weighted by atomic mass is 16.5. The number of hydrogen-bond acceptors (Lipinski definition) is 6. The average Bonchev–Trinajstić information content (AvgIpc) is 2.57. The predicted octanol–water partition coefficient (Wildman–Crippen LogP) is 0.813. The van der Waals surface area contributed by atoms with Crippen LogP contribution in [0.5, 0.6) is 0 Å². The molecule has 3 amide bonds. The van der Waals surface area contributed by atoms with Gasteiger partial charge in [-0.05, 0) is 31.0 Å². The molecule has 24 heavy (non-hydrogen) atoms. The predicted molar refractivity (Wildman–Crippen MR) is 86.8 cm³/mol. The average molecular weight is 336 g/mol. The Morgan fingerprint density at radius 1 is 1.29 bits per heavy atom. The fourth-order valence-corrected chi connectivity index (χ4v) is 1.86. The number of urea groups is 1. The Morgan fingerprint density at radius 2 is 1.92 bits per heavy atom. The Morgan fingerprint density at radius 3 is 2.42 bits per heavy atom. The van der Waals surface area contributed by atoms with Crippen LogP contribution in [0.3, 0.4) is 0 Å². The van der Waals surface area contributed by atoms with Gasteiger partial charge >= 0.3 is 12.0 Å². The van der Waals surface area contributed by atoms with E-state index in [-0.39, 0.29) is 12.8 Å². The third kappa shape index (κ3) is 5.95. The van der Waals surface area contributed by atoms with E-state index in [1.54, 1.807) is 31.2 Å². The minimum absolute atomic E-state index is 0.0422. The summed E-state index contributed by atoms with van der Waals surface area (Å²) in [6.45, 7) is 1.63. The fraction of sp³-hybridized carbons (Fsp3) is 0.333. The lowest BCUT2D eigenvalue weighted by atomic mass is 10.1. The maximum atomic E-state index is 12.0. The van der Waals surface area contributed by atoms with E-state index in [2.05, 4.69) is 20.5 Å². The number of nitrogens with one attached hydrogen (secondary N) is 2. The van der Waals surface area contributed by atoms with Crippen molar-refractivity contribution < 1.29 is 24.3 Å². The highest BCUT2D eigenvalue weighted by Gasteiger charge is 2.22. The van der Waals surface area contributed by atoms with Gasteiger partial charge < -0.3 is 26.3 Å². The second-order valence-corrected chi connectivity index (χ2v) is 4.94. The zero-order valence-corrected chi connectivity index (χ0v) is 13.4. The second-order valence-electron chi connectivity index (χ2n) is 4.94. The Bertz CT molecular complexity index is 627. The van der Waals surface area contributed by atoms with Crippen molar-refractivity contribution in [3.05, 3.63) is 29.8 Å². The van der Waals surface area contributed by atoms with Crippen molar-refractivity contribution in [1.29, 1.82) is 0 Å². The minimum atomic E-state index is -0.981. The summed E-state index contributed by atoms with van der Waals surface area (Å²) >= 11 is 0. The first-order chi connectivity index (χ1) is 11.4. The van der Waals surface area contributed by atoms with Crippen LogP contribution in [-0.2, 0) is 14.3 Å². The Hall–Kier alpha value is -3.10. The molecule has 0 saturated heterocycles. The van der Waals surface area contributed by atoms with Gasteiger partial charge in [-0.3, -0.25) is 4.79 Å². The first-order valence-electron chi connectivity index (χ1n) is 7.10. The number of ether oxygens (including phenoxy) is 1. The summed E-state index contributed by atoms with van der Waals surface area (Å²) in [5.41, 5.74) is 6.64. The summed E-state index contributed by atoms with van der Waals surface area (Å²) < 4.78 is 4.58. The van der Waals surface area contributed by atoms with Gasteiger partial charge in [0.2, 0.25) is 5.91 Å². The number of carbonyl (C=O) groups is 3. The van der Waals surface area contributed by atoms with E-state index in [4.69, 9.17) is 10.9 Å². The number of anilines is 1. The molecule has 0 radical (unpaired) electrons. The maximum absolute atomic E-state index is 12.0. The molecule has 0 spiro atoms. The highest BCUT2D eigenvalue weighted by molar-refractivity contribution is 5.99. The van der Waals surface area contributed by atoms with E-state index in [1.165, 1.54) is 7.11 Å². The van der Waals surface area contributed by atoms with Crippen LogP contribution in [0.25, 0.3) is 0 Å². The monoisotopic (exact) mass is 336 g/mol. The van der Waals surface area contributed by atoms with Crippen molar-refractivity contribution in [2.24, 2.45) is 10.9 Å². The number of amides is 3. The number of oxime groups is 1. The largest absolute Gasteiger partial charge is 0.467 e. The molecule has 1 unspecified atom stereocenters. The first-order valence-corrected chi connectivity index (χ1v) is 7.10. The van der Waals surface area contributed by atoms with Crippen LogP contribution in [0.15, 0.2) is 29.4 Å². The molecule has 0 fully saturated rings. The summed E-state index contributed by atoms with van der Waals surface area (Å²) in [4.78, 5) is 34.4. The van der Waals surface area contributed by atoms with Gasteiger partial charge in [0.15, 0.2) is 0 Å². The van der Waals surface area contributed by atoms with Crippen molar-refractivity contribution in [1.82, 2.24) is 5.32 Å². The van der Waals surface area contributed by atoms with Gasteiger partial charge in [0.05, 0.1) is 12.8 Å². The number of esters is 1. The summed E-state index contributed by atoms with van der Waals surface area (Å²) in [5.74, 6) is -1.25. The lowest BCUT2D eigenvalue weighted by molar-refractivity contribution is -0.143. The van der Waals surface area contributed by atoms with Crippen LogP contribution >= 0.6 is 0 Å². The van der Waals surface area contributed by atoms with Crippen LogP contribution in [0.4, 0.5) is 10.5 Å². The molecule has 0 saturated carbocycles. The van der Waals surface area contributed by atoms with E-state index < -0.39 is 23.9 Å². The molecule has 130 valence electrons. The smallest absolute Gasteiger partial charge is 0.328 e. The molecular weight excluding hydrogens is 316 g/mol. The quantitative estimate of drug-likeness (QED) is 0.252. The topological polar surface area (TPSA) is 143 Å². The van der Waals surface area contributed by atoms with Gasteiger partial charge in [-0.25, -0.2) is 9.59 Å². The van der Waals surface area contributed by atoms with Crippen molar-refractivity contribution in [2.45, 2.75) is 25.8 Å². The number of methoxy groups -OCH3 is 1. The van der Waals surface area contributed by atoms with Gasteiger partial charge in [-0.1, -0.05) is 17.3 Å². The van der Waals surface area contributed by atoms with E-state index >= 15 is 0 Å². The van der Waals surface area contributed by atoms with Gasteiger partial charge in [0.25, 0.3) is 0 Å². The molecule has 1 aromatic carbocycles. The summed E-state index contributed by atoms with van der Waals surface area (Å²) in [6.07, 6.45) is -0.0188. The van der Waals surface area contributed by atoms with E-state index in [1.807, 2.05) is 0 Å². The Kier molecular flexibility index (Phi) is 7.21. The molecule has 9 nitrogen and oxygen atoms in total. The molecule has 0 bridgehead atoms. The first kappa shape index (κ1) is 18.9. The number of hydrogen-bond donors (Lipinski definition) is 4. The normalized spacial score (nSPS) is 12.2. The highest BCUT2D eigenvalue weighted by Crippen LogP contribution is 2.10. The molecule has 1 rings (SSSR count). The molecule has 0 aliphatic rings. The number of benzene rings is 1. The number of nitrogens with zero attached hydrogens (tertiary/aromatic N) is 1. The van der Waals surface area contributed by atoms with E-state index in [9.17, 15) is 14.4 Å². The SMILES string of the molecule is COC(=O)C(CCC(N)=O)NC(=O)Nc1ccc(/C(C)=N/O)cc1. The molecule has 0 aliphatic heterocycles. The van der Waals surface area contributed by atoms with Crippen molar-refractivity contribution in [2.75, 3.05) is 12.4 Å². The lowest BCUT2D eigenvalue weighted by Gasteiger charge is -2.16. The molecule has 0 aliphatic carbocycles. The van der Waals surface area contributed by atoms with Crippen LogP contribution in [0.2, 0.25) is 0 Å².